The lowest BCUT2D eigenvalue weighted by molar-refractivity contribution is -0.120. The van der Waals surface area contributed by atoms with Gasteiger partial charge in [-0.1, -0.05) is 29.3 Å². The molecule has 1 saturated heterocycles. The third kappa shape index (κ3) is 4.94. The van der Waals surface area contributed by atoms with Crippen molar-refractivity contribution in [2.45, 2.75) is 13.3 Å². The molecule has 1 aliphatic heterocycles. The van der Waals surface area contributed by atoms with Crippen LogP contribution in [0.15, 0.2) is 28.7 Å². The molecular formula is C17H18Cl2N4O2S. The van der Waals surface area contributed by atoms with Crippen LogP contribution in [0.5, 0.6) is 0 Å². The lowest BCUT2D eigenvalue weighted by Gasteiger charge is -2.26. The third-order valence-corrected chi connectivity index (χ3v) is 5.33. The fourth-order valence-corrected chi connectivity index (χ4v) is 3.90. The molecule has 0 spiro atoms. The summed E-state index contributed by atoms with van der Waals surface area (Å²) in [5.74, 6) is -0.228. The minimum Gasteiger partial charge on any atom is -0.378 e. The van der Waals surface area contributed by atoms with Gasteiger partial charge in [0.2, 0.25) is 5.91 Å². The summed E-state index contributed by atoms with van der Waals surface area (Å²) in [4.78, 5) is 18.8. The number of aromatic nitrogens is 1. The van der Waals surface area contributed by atoms with E-state index in [0.29, 0.717) is 29.0 Å². The zero-order chi connectivity index (χ0) is 18.5. The van der Waals surface area contributed by atoms with E-state index in [2.05, 4.69) is 20.4 Å². The largest absolute Gasteiger partial charge is 0.378 e. The molecule has 0 aliphatic carbocycles. The summed E-state index contributed by atoms with van der Waals surface area (Å²) in [6.07, 6.45) is 0.173. The standard InChI is InChI=1S/C17H18Cl2N4O2S/c1-11(14-3-2-12(18)8-15(14)19)21-22-16(24)9-13-10-26-17(20-13)23-4-6-25-7-5-23/h2-3,8,10H,4-7,9H2,1H3,(H,22,24)/b21-11-. The lowest BCUT2D eigenvalue weighted by Crippen LogP contribution is -2.36. The van der Waals surface area contributed by atoms with Crippen LogP contribution >= 0.6 is 34.5 Å². The Labute approximate surface area is 165 Å². The van der Waals surface area contributed by atoms with Gasteiger partial charge in [0.1, 0.15) is 0 Å². The summed E-state index contributed by atoms with van der Waals surface area (Å²) >= 11 is 13.6. The van der Waals surface area contributed by atoms with E-state index in [1.165, 1.54) is 11.3 Å². The predicted molar refractivity (Wildman–Crippen MR) is 106 cm³/mol. The van der Waals surface area contributed by atoms with E-state index in [1.54, 1.807) is 25.1 Å². The van der Waals surface area contributed by atoms with Gasteiger partial charge in [-0.25, -0.2) is 10.4 Å². The number of nitrogens with one attached hydrogen (secondary N) is 1. The van der Waals surface area contributed by atoms with Crippen LogP contribution in [0.3, 0.4) is 0 Å². The first kappa shape index (κ1) is 19.1. The number of hydrogen-bond acceptors (Lipinski definition) is 6. The van der Waals surface area contributed by atoms with Crippen molar-refractivity contribution in [3.8, 4) is 0 Å². The van der Waals surface area contributed by atoms with Gasteiger partial charge in [0.25, 0.3) is 0 Å². The number of anilines is 1. The van der Waals surface area contributed by atoms with E-state index in [4.69, 9.17) is 27.9 Å². The van der Waals surface area contributed by atoms with Gasteiger partial charge >= 0.3 is 0 Å². The molecule has 1 aliphatic rings. The number of hydrogen-bond donors (Lipinski definition) is 1. The average molecular weight is 413 g/mol. The third-order valence-electron chi connectivity index (χ3n) is 3.83. The van der Waals surface area contributed by atoms with Gasteiger partial charge < -0.3 is 9.64 Å². The van der Waals surface area contributed by atoms with E-state index in [0.717, 1.165) is 29.5 Å². The molecule has 26 heavy (non-hydrogen) atoms. The van der Waals surface area contributed by atoms with Crippen LogP contribution < -0.4 is 10.3 Å². The maximum absolute atomic E-state index is 12.1. The van der Waals surface area contributed by atoms with Crippen LogP contribution in [0, 0.1) is 0 Å². The number of carbonyl (C=O) groups excluding carboxylic acids is 1. The molecule has 1 aromatic heterocycles. The number of carbonyl (C=O) groups is 1. The van der Waals surface area contributed by atoms with Gasteiger partial charge in [-0.3, -0.25) is 4.79 Å². The van der Waals surface area contributed by atoms with Gasteiger partial charge in [0.15, 0.2) is 5.13 Å². The number of amides is 1. The number of morpholine rings is 1. The minimum absolute atomic E-state index is 0.173. The van der Waals surface area contributed by atoms with Gasteiger partial charge in [-0.05, 0) is 19.1 Å². The normalized spacial score (nSPS) is 15.2. The zero-order valence-corrected chi connectivity index (χ0v) is 16.5. The fourth-order valence-electron chi connectivity index (χ4n) is 2.47. The molecule has 6 nitrogen and oxygen atoms in total. The second-order valence-electron chi connectivity index (χ2n) is 5.75. The molecule has 0 radical (unpaired) electrons. The molecule has 1 N–H and O–H groups in total. The maximum Gasteiger partial charge on any atom is 0.246 e. The second kappa shape index (κ2) is 8.81. The summed E-state index contributed by atoms with van der Waals surface area (Å²) < 4.78 is 5.34. The number of rotatable bonds is 5. The Morgan fingerprint density at radius 2 is 2.15 bits per heavy atom. The van der Waals surface area contributed by atoms with Crippen LogP contribution in [0.4, 0.5) is 5.13 Å². The van der Waals surface area contributed by atoms with E-state index in [1.807, 2.05) is 5.38 Å². The Hall–Kier alpha value is -1.67. The van der Waals surface area contributed by atoms with Crippen LogP contribution in [0.1, 0.15) is 18.2 Å². The molecule has 1 amide bonds. The topological polar surface area (TPSA) is 66.8 Å². The summed E-state index contributed by atoms with van der Waals surface area (Å²) in [6, 6.07) is 5.14. The quantitative estimate of drug-likeness (QED) is 0.603. The summed E-state index contributed by atoms with van der Waals surface area (Å²) in [5, 5.41) is 7.98. The van der Waals surface area contributed by atoms with Crippen LogP contribution in [0.25, 0.3) is 0 Å². The maximum atomic E-state index is 12.1. The lowest BCUT2D eigenvalue weighted by atomic mass is 10.1. The van der Waals surface area contributed by atoms with Crippen LogP contribution in [-0.2, 0) is 16.0 Å². The van der Waals surface area contributed by atoms with Crippen molar-refractivity contribution in [1.29, 1.82) is 0 Å². The van der Waals surface area contributed by atoms with Crippen molar-refractivity contribution in [2.24, 2.45) is 5.10 Å². The first-order valence-corrected chi connectivity index (χ1v) is 9.72. The molecule has 0 saturated carbocycles. The van der Waals surface area contributed by atoms with Crippen molar-refractivity contribution < 1.29 is 9.53 Å². The molecule has 1 aromatic carbocycles. The first-order chi connectivity index (χ1) is 12.5. The predicted octanol–water partition coefficient (Wildman–Crippen LogP) is 3.37. The highest BCUT2D eigenvalue weighted by atomic mass is 35.5. The molecule has 2 heterocycles. The Kier molecular flexibility index (Phi) is 6.48. The number of hydrazone groups is 1. The SMILES string of the molecule is C/C(=N/NC(=O)Cc1csc(N2CCOCC2)n1)c1ccc(Cl)cc1Cl. The van der Waals surface area contributed by atoms with Crippen molar-refractivity contribution in [3.63, 3.8) is 0 Å². The Morgan fingerprint density at radius 1 is 1.38 bits per heavy atom. The highest BCUT2D eigenvalue weighted by Crippen LogP contribution is 2.22. The van der Waals surface area contributed by atoms with Gasteiger partial charge in [0, 0.05) is 29.1 Å². The molecular weight excluding hydrogens is 395 g/mol. The Morgan fingerprint density at radius 3 is 2.88 bits per heavy atom. The average Bonchev–Trinajstić information content (AvgIpc) is 3.09. The summed E-state index contributed by atoms with van der Waals surface area (Å²) in [7, 11) is 0. The molecule has 2 aromatic rings. The fraction of sp³-hybridized carbons (Fsp3) is 0.353. The zero-order valence-electron chi connectivity index (χ0n) is 14.2. The molecule has 138 valence electrons. The number of benzene rings is 1. The van der Waals surface area contributed by atoms with E-state index in [-0.39, 0.29) is 12.3 Å². The number of thiazole rings is 1. The molecule has 0 bridgehead atoms. The molecule has 0 unspecified atom stereocenters. The van der Waals surface area contributed by atoms with Crippen molar-refractivity contribution in [2.75, 3.05) is 31.2 Å². The summed E-state index contributed by atoms with van der Waals surface area (Å²) in [6.45, 7) is 4.83. The van der Waals surface area contributed by atoms with E-state index >= 15 is 0 Å². The minimum atomic E-state index is -0.228. The second-order valence-corrected chi connectivity index (χ2v) is 7.43. The summed E-state index contributed by atoms with van der Waals surface area (Å²) in [5.41, 5.74) is 4.60. The highest BCUT2D eigenvalue weighted by Gasteiger charge is 2.15. The molecule has 9 heteroatoms. The smallest absolute Gasteiger partial charge is 0.246 e. The van der Waals surface area contributed by atoms with Crippen molar-refractivity contribution in [3.05, 3.63) is 44.9 Å². The van der Waals surface area contributed by atoms with E-state index in [9.17, 15) is 4.79 Å². The Balaban J connectivity index is 1.57. The van der Waals surface area contributed by atoms with Gasteiger partial charge in [-0.15, -0.1) is 11.3 Å². The van der Waals surface area contributed by atoms with Crippen molar-refractivity contribution >= 4 is 51.3 Å². The number of ether oxygens (including phenoxy) is 1. The number of nitrogens with zero attached hydrogens (tertiary/aromatic N) is 3. The van der Waals surface area contributed by atoms with Crippen LogP contribution in [-0.4, -0.2) is 42.9 Å². The van der Waals surface area contributed by atoms with Crippen LogP contribution in [0.2, 0.25) is 10.0 Å². The monoisotopic (exact) mass is 412 g/mol. The molecule has 3 rings (SSSR count). The van der Waals surface area contributed by atoms with Gasteiger partial charge in [-0.2, -0.15) is 5.10 Å². The Bertz CT molecular complexity index is 819. The van der Waals surface area contributed by atoms with Crippen molar-refractivity contribution in [1.82, 2.24) is 10.4 Å². The first-order valence-electron chi connectivity index (χ1n) is 8.08. The molecule has 1 fully saturated rings. The van der Waals surface area contributed by atoms with Gasteiger partial charge in [0.05, 0.1) is 36.1 Å². The number of halogens is 2. The highest BCUT2D eigenvalue weighted by molar-refractivity contribution is 7.13. The van der Waals surface area contributed by atoms with E-state index < -0.39 is 0 Å². The molecule has 0 atom stereocenters.